The van der Waals surface area contributed by atoms with Crippen LogP contribution < -0.4 is 11.1 Å². The van der Waals surface area contributed by atoms with Gasteiger partial charge in [0.05, 0.1) is 18.8 Å². The van der Waals surface area contributed by atoms with E-state index in [0.717, 1.165) is 11.1 Å². The Kier molecular flexibility index (Phi) is 4.10. The van der Waals surface area contributed by atoms with Gasteiger partial charge in [-0.2, -0.15) is 0 Å². The molecule has 23 heavy (non-hydrogen) atoms. The molecule has 0 unspecified atom stereocenters. The van der Waals surface area contributed by atoms with Crippen molar-refractivity contribution in [3.63, 3.8) is 0 Å². The summed E-state index contributed by atoms with van der Waals surface area (Å²) < 4.78 is 1.73. The highest BCUT2D eigenvalue weighted by Gasteiger charge is 2.14. The molecule has 0 aliphatic heterocycles. The predicted molar refractivity (Wildman–Crippen MR) is 88.3 cm³/mol. The highest BCUT2D eigenvalue weighted by molar-refractivity contribution is 6.03. The number of amides is 1. The summed E-state index contributed by atoms with van der Waals surface area (Å²) >= 11 is 0. The average Bonchev–Trinajstić information content (AvgIpc) is 3.00. The standard InChI is InChI=1S/C17H18N4O2/c1-11-5-6-12(13(18)10-22)8-14(11)20-17(23)15-9-19-16-4-2-3-7-21(15)16/h2-9,13,22H,10,18H2,1H3,(H,20,23)/t13-/m0/s1. The summed E-state index contributed by atoms with van der Waals surface area (Å²) in [5.41, 5.74) is 9.36. The second-order valence-electron chi connectivity index (χ2n) is 5.39. The number of hydrogen-bond donors (Lipinski definition) is 3. The number of aryl methyl sites for hydroxylation is 1. The van der Waals surface area contributed by atoms with Crippen LogP contribution in [0.4, 0.5) is 5.69 Å². The second-order valence-corrected chi connectivity index (χ2v) is 5.39. The minimum absolute atomic E-state index is 0.149. The second kappa shape index (κ2) is 6.20. The predicted octanol–water partition coefficient (Wildman–Crippen LogP) is 1.89. The molecule has 6 nitrogen and oxygen atoms in total. The van der Waals surface area contributed by atoms with Crippen LogP contribution in [0.5, 0.6) is 0 Å². The zero-order valence-electron chi connectivity index (χ0n) is 12.7. The van der Waals surface area contributed by atoms with Gasteiger partial charge in [-0.15, -0.1) is 0 Å². The van der Waals surface area contributed by atoms with Gasteiger partial charge in [0, 0.05) is 11.9 Å². The molecule has 0 bridgehead atoms. The number of nitrogens with one attached hydrogen (secondary N) is 1. The molecule has 1 aromatic carbocycles. The maximum Gasteiger partial charge on any atom is 0.274 e. The first-order valence-corrected chi connectivity index (χ1v) is 7.30. The Morgan fingerprint density at radius 1 is 1.39 bits per heavy atom. The first kappa shape index (κ1) is 15.2. The summed E-state index contributed by atoms with van der Waals surface area (Å²) in [7, 11) is 0. The van der Waals surface area contributed by atoms with Crippen molar-refractivity contribution in [1.29, 1.82) is 0 Å². The topological polar surface area (TPSA) is 92.6 Å². The molecule has 118 valence electrons. The lowest BCUT2D eigenvalue weighted by atomic mass is 10.0. The number of benzene rings is 1. The summed E-state index contributed by atoms with van der Waals surface area (Å²) in [6.45, 7) is 1.75. The summed E-state index contributed by atoms with van der Waals surface area (Å²) in [6.07, 6.45) is 3.34. The molecule has 0 saturated carbocycles. The van der Waals surface area contributed by atoms with Crippen LogP contribution in [0.3, 0.4) is 0 Å². The molecule has 0 saturated heterocycles. The molecule has 3 aromatic rings. The monoisotopic (exact) mass is 310 g/mol. The van der Waals surface area contributed by atoms with Gasteiger partial charge in [0.15, 0.2) is 0 Å². The van der Waals surface area contributed by atoms with E-state index in [1.165, 1.54) is 0 Å². The van der Waals surface area contributed by atoms with E-state index in [2.05, 4.69) is 10.3 Å². The number of aliphatic hydroxyl groups excluding tert-OH is 1. The fourth-order valence-electron chi connectivity index (χ4n) is 2.40. The van der Waals surface area contributed by atoms with E-state index in [-0.39, 0.29) is 12.5 Å². The molecule has 0 spiro atoms. The lowest BCUT2D eigenvalue weighted by Gasteiger charge is -2.13. The number of imidazole rings is 1. The van der Waals surface area contributed by atoms with E-state index in [0.29, 0.717) is 17.0 Å². The number of anilines is 1. The molecular weight excluding hydrogens is 292 g/mol. The number of carbonyl (C=O) groups excluding carboxylic acids is 1. The van der Waals surface area contributed by atoms with Crippen molar-refractivity contribution in [1.82, 2.24) is 9.38 Å². The van der Waals surface area contributed by atoms with Crippen LogP contribution in [-0.4, -0.2) is 27.0 Å². The Morgan fingerprint density at radius 2 is 2.22 bits per heavy atom. The molecule has 3 rings (SSSR count). The summed E-state index contributed by atoms with van der Waals surface area (Å²) in [4.78, 5) is 16.8. The largest absolute Gasteiger partial charge is 0.394 e. The zero-order valence-corrected chi connectivity index (χ0v) is 12.7. The maximum atomic E-state index is 12.5. The first-order chi connectivity index (χ1) is 11.1. The molecule has 0 radical (unpaired) electrons. The minimum Gasteiger partial charge on any atom is -0.394 e. The van der Waals surface area contributed by atoms with Gasteiger partial charge in [-0.05, 0) is 36.2 Å². The Labute approximate surface area is 133 Å². The van der Waals surface area contributed by atoms with E-state index >= 15 is 0 Å². The van der Waals surface area contributed by atoms with Crippen LogP contribution in [0.1, 0.15) is 27.7 Å². The highest BCUT2D eigenvalue weighted by atomic mass is 16.3. The van der Waals surface area contributed by atoms with Crippen LogP contribution >= 0.6 is 0 Å². The minimum atomic E-state index is -0.470. The lowest BCUT2D eigenvalue weighted by molar-refractivity contribution is 0.102. The van der Waals surface area contributed by atoms with Gasteiger partial charge in [-0.3, -0.25) is 9.20 Å². The summed E-state index contributed by atoms with van der Waals surface area (Å²) in [5.74, 6) is -0.249. The number of hydrogen-bond acceptors (Lipinski definition) is 4. The van der Waals surface area contributed by atoms with E-state index in [1.54, 1.807) is 22.9 Å². The molecular formula is C17H18N4O2. The Morgan fingerprint density at radius 3 is 3.00 bits per heavy atom. The van der Waals surface area contributed by atoms with Crippen LogP contribution in [0, 0.1) is 6.92 Å². The highest BCUT2D eigenvalue weighted by Crippen LogP contribution is 2.21. The van der Waals surface area contributed by atoms with Gasteiger partial charge in [0.25, 0.3) is 5.91 Å². The normalized spacial score (nSPS) is 12.3. The SMILES string of the molecule is Cc1ccc([C@@H](N)CO)cc1NC(=O)c1cnc2ccccn12. The lowest BCUT2D eigenvalue weighted by Crippen LogP contribution is -2.17. The molecule has 6 heteroatoms. The van der Waals surface area contributed by atoms with E-state index in [4.69, 9.17) is 5.73 Å². The number of carbonyl (C=O) groups is 1. The van der Waals surface area contributed by atoms with Crippen molar-refractivity contribution < 1.29 is 9.90 Å². The van der Waals surface area contributed by atoms with Crippen LogP contribution in [0.25, 0.3) is 5.65 Å². The van der Waals surface area contributed by atoms with Gasteiger partial charge < -0.3 is 16.2 Å². The quantitative estimate of drug-likeness (QED) is 0.686. The molecule has 1 atom stereocenters. The molecule has 0 aliphatic carbocycles. The third-order valence-corrected chi connectivity index (χ3v) is 3.78. The molecule has 2 aromatic heterocycles. The average molecular weight is 310 g/mol. The van der Waals surface area contributed by atoms with Gasteiger partial charge in [-0.25, -0.2) is 4.98 Å². The molecule has 0 aliphatic rings. The number of nitrogens with zero attached hydrogens (tertiary/aromatic N) is 2. The van der Waals surface area contributed by atoms with E-state index < -0.39 is 6.04 Å². The van der Waals surface area contributed by atoms with Crippen molar-refractivity contribution in [2.75, 3.05) is 11.9 Å². The number of fused-ring (bicyclic) bond motifs is 1. The van der Waals surface area contributed by atoms with Crippen LogP contribution in [-0.2, 0) is 0 Å². The van der Waals surface area contributed by atoms with Crippen molar-refractivity contribution in [2.24, 2.45) is 5.73 Å². The number of aromatic nitrogens is 2. The van der Waals surface area contributed by atoms with Crippen LogP contribution in [0.2, 0.25) is 0 Å². The summed E-state index contributed by atoms with van der Waals surface area (Å²) in [5, 5.41) is 12.1. The van der Waals surface area contributed by atoms with Crippen LogP contribution in [0.15, 0.2) is 48.8 Å². The number of rotatable bonds is 4. The number of aliphatic hydroxyl groups is 1. The van der Waals surface area contributed by atoms with E-state index in [1.807, 2.05) is 37.3 Å². The van der Waals surface area contributed by atoms with Crippen molar-refractivity contribution in [2.45, 2.75) is 13.0 Å². The van der Waals surface area contributed by atoms with Gasteiger partial charge >= 0.3 is 0 Å². The Balaban J connectivity index is 1.91. The third-order valence-electron chi connectivity index (χ3n) is 3.78. The third kappa shape index (κ3) is 2.94. The summed E-state index contributed by atoms with van der Waals surface area (Å²) in [6, 6.07) is 10.6. The molecule has 0 fully saturated rings. The van der Waals surface area contributed by atoms with Gasteiger partial charge in [0.2, 0.25) is 0 Å². The first-order valence-electron chi connectivity index (χ1n) is 7.30. The van der Waals surface area contributed by atoms with Gasteiger partial charge in [-0.1, -0.05) is 18.2 Å². The number of nitrogens with two attached hydrogens (primary N) is 1. The Hall–Kier alpha value is -2.70. The molecule has 1 amide bonds. The van der Waals surface area contributed by atoms with Crippen molar-refractivity contribution in [3.8, 4) is 0 Å². The number of pyridine rings is 1. The fourth-order valence-corrected chi connectivity index (χ4v) is 2.40. The Bertz CT molecular complexity index is 857. The molecule has 2 heterocycles. The van der Waals surface area contributed by atoms with E-state index in [9.17, 15) is 9.90 Å². The van der Waals surface area contributed by atoms with Gasteiger partial charge in [0.1, 0.15) is 11.3 Å². The maximum absolute atomic E-state index is 12.5. The van der Waals surface area contributed by atoms with Crippen molar-refractivity contribution >= 4 is 17.2 Å². The fraction of sp³-hybridized carbons (Fsp3) is 0.176. The molecule has 4 N–H and O–H groups in total. The zero-order chi connectivity index (χ0) is 16.4. The smallest absolute Gasteiger partial charge is 0.274 e. The van der Waals surface area contributed by atoms with Crippen molar-refractivity contribution in [3.05, 3.63) is 65.6 Å².